The lowest BCUT2D eigenvalue weighted by molar-refractivity contribution is -0.137. The molecule has 134 valence electrons. The summed E-state index contributed by atoms with van der Waals surface area (Å²) in [5, 5.41) is 2.55. The second-order valence-corrected chi connectivity index (χ2v) is 7.90. The third-order valence-electron chi connectivity index (χ3n) is 3.43. The molecule has 1 aliphatic carbocycles. The Morgan fingerprint density at radius 1 is 1.38 bits per heavy atom. The van der Waals surface area contributed by atoms with Crippen LogP contribution in [0.1, 0.15) is 24.8 Å². The van der Waals surface area contributed by atoms with E-state index < -0.39 is 21.8 Å². The fourth-order valence-electron chi connectivity index (χ4n) is 2.08. The molecular formula is C14H16ClF3N2O3S. The molecule has 0 saturated heterocycles. The van der Waals surface area contributed by atoms with Gasteiger partial charge in [-0.3, -0.25) is 9.10 Å². The Labute approximate surface area is 142 Å². The zero-order valence-corrected chi connectivity index (χ0v) is 14.3. The first-order valence-corrected chi connectivity index (χ1v) is 9.35. The molecule has 1 aromatic rings. The summed E-state index contributed by atoms with van der Waals surface area (Å²) in [6, 6.07) is 2.54. The molecular weight excluding hydrogens is 369 g/mol. The highest BCUT2D eigenvalue weighted by Crippen LogP contribution is 2.36. The first-order chi connectivity index (χ1) is 11.0. The Balaban J connectivity index is 2.25. The largest absolute Gasteiger partial charge is 0.416 e. The zero-order chi connectivity index (χ0) is 18.1. The van der Waals surface area contributed by atoms with Gasteiger partial charge in [0.2, 0.25) is 15.9 Å². The summed E-state index contributed by atoms with van der Waals surface area (Å²) in [5.74, 6) is -0.353. The highest BCUT2D eigenvalue weighted by Gasteiger charge is 2.32. The Morgan fingerprint density at radius 3 is 2.50 bits per heavy atom. The molecule has 1 aliphatic rings. The third kappa shape index (κ3) is 5.01. The van der Waals surface area contributed by atoms with Crippen molar-refractivity contribution in [3.8, 4) is 0 Å². The van der Waals surface area contributed by atoms with Gasteiger partial charge in [-0.1, -0.05) is 11.6 Å². The van der Waals surface area contributed by atoms with Gasteiger partial charge in [-0.05, 0) is 31.0 Å². The lowest BCUT2D eigenvalue weighted by Gasteiger charge is -2.24. The normalized spacial score (nSPS) is 15.2. The van der Waals surface area contributed by atoms with Crippen molar-refractivity contribution in [1.82, 2.24) is 5.32 Å². The van der Waals surface area contributed by atoms with E-state index in [9.17, 15) is 26.4 Å². The summed E-state index contributed by atoms with van der Waals surface area (Å²) in [6.45, 7) is -0.293. The van der Waals surface area contributed by atoms with Gasteiger partial charge < -0.3 is 5.32 Å². The highest BCUT2D eigenvalue weighted by atomic mass is 35.5. The molecule has 0 aromatic heterocycles. The van der Waals surface area contributed by atoms with Crippen molar-refractivity contribution in [1.29, 1.82) is 0 Å². The van der Waals surface area contributed by atoms with E-state index in [1.807, 2.05) is 0 Å². The predicted octanol–water partition coefficient (Wildman–Crippen LogP) is 2.79. The number of hydrogen-bond donors (Lipinski definition) is 1. The second-order valence-electron chi connectivity index (χ2n) is 5.59. The summed E-state index contributed by atoms with van der Waals surface area (Å²) in [6.07, 6.45) is -2.20. The first-order valence-electron chi connectivity index (χ1n) is 7.12. The maximum Gasteiger partial charge on any atom is 0.416 e. The molecule has 5 nitrogen and oxygen atoms in total. The molecule has 0 atom stereocenters. The summed E-state index contributed by atoms with van der Waals surface area (Å²) >= 11 is 5.88. The molecule has 0 aliphatic heterocycles. The Morgan fingerprint density at radius 2 is 2.00 bits per heavy atom. The lowest BCUT2D eigenvalue weighted by atomic mass is 10.2. The summed E-state index contributed by atoms with van der Waals surface area (Å²) in [5.41, 5.74) is -1.31. The van der Waals surface area contributed by atoms with Gasteiger partial charge in [-0.25, -0.2) is 8.42 Å². The topological polar surface area (TPSA) is 66.5 Å². The Kier molecular flexibility index (Phi) is 5.34. The molecule has 0 unspecified atom stereocenters. The standard InChI is InChI=1S/C14H16ClF3N2O3S/c1-24(22,23)20(7-6-13(21)19-10-3-4-10)12-8-9(14(16,17)18)2-5-11(12)15/h2,5,8,10H,3-4,6-7H2,1H3,(H,19,21). The average Bonchev–Trinajstić information content (AvgIpc) is 3.22. The van der Waals surface area contributed by atoms with Gasteiger partial charge in [0.1, 0.15) is 0 Å². The van der Waals surface area contributed by atoms with Crippen molar-refractivity contribution in [3.63, 3.8) is 0 Å². The van der Waals surface area contributed by atoms with E-state index in [4.69, 9.17) is 11.6 Å². The van der Waals surface area contributed by atoms with Gasteiger partial charge in [-0.2, -0.15) is 13.2 Å². The number of nitrogens with zero attached hydrogens (tertiary/aromatic N) is 1. The molecule has 0 heterocycles. The van der Waals surface area contributed by atoms with Crippen molar-refractivity contribution in [2.24, 2.45) is 0 Å². The third-order valence-corrected chi connectivity index (χ3v) is 4.93. The van der Waals surface area contributed by atoms with E-state index in [0.29, 0.717) is 6.07 Å². The van der Waals surface area contributed by atoms with Crippen LogP contribution in [0.4, 0.5) is 18.9 Å². The van der Waals surface area contributed by atoms with Crippen molar-refractivity contribution in [2.75, 3.05) is 17.1 Å². The van der Waals surface area contributed by atoms with Crippen molar-refractivity contribution in [3.05, 3.63) is 28.8 Å². The quantitative estimate of drug-likeness (QED) is 0.820. The van der Waals surface area contributed by atoms with E-state index in [0.717, 1.165) is 35.5 Å². The number of alkyl halides is 3. The number of benzene rings is 1. The van der Waals surface area contributed by atoms with Crippen molar-refractivity contribution >= 4 is 33.2 Å². The summed E-state index contributed by atoms with van der Waals surface area (Å²) < 4.78 is 63.2. The second kappa shape index (κ2) is 6.79. The number of carbonyl (C=O) groups is 1. The van der Waals surface area contributed by atoms with E-state index in [-0.39, 0.29) is 35.6 Å². The monoisotopic (exact) mass is 384 g/mol. The molecule has 10 heteroatoms. The smallest absolute Gasteiger partial charge is 0.353 e. The maximum atomic E-state index is 12.8. The molecule has 0 bridgehead atoms. The van der Waals surface area contributed by atoms with Crippen LogP contribution in [-0.4, -0.2) is 33.2 Å². The Bertz CT molecular complexity index is 733. The highest BCUT2D eigenvalue weighted by molar-refractivity contribution is 7.92. The molecule has 1 fully saturated rings. The number of hydrogen-bond acceptors (Lipinski definition) is 3. The van der Waals surface area contributed by atoms with Crippen molar-refractivity contribution in [2.45, 2.75) is 31.5 Å². The predicted molar refractivity (Wildman–Crippen MR) is 84.4 cm³/mol. The van der Waals surface area contributed by atoms with E-state index in [1.165, 1.54) is 0 Å². The lowest BCUT2D eigenvalue weighted by Crippen LogP contribution is -2.35. The Hall–Kier alpha value is -1.48. The zero-order valence-electron chi connectivity index (χ0n) is 12.7. The van der Waals surface area contributed by atoms with E-state index in [1.54, 1.807) is 0 Å². The molecule has 1 saturated carbocycles. The number of carbonyl (C=O) groups excluding carboxylic acids is 1. The average molecular weight is 385 g/mol. The number of halogens is 4. The fourth-order valence-corrected chi connectivity index (χ4v) is 3.28. The van der Waals surface area contributed by atoms with Gasteiger partial charge in [0.05, 0.1) is 22.5 Å². The van der Waals surface area contributed by atoms with E-state index >= 15 is 0 Å². The summed E-state index contributed by atoms with van der Waals surface area (Å²) in [4.78, 5) is 11.7. The van der Waals surface area contributed by atoms with Gasteiger partial charge in [0.25, 0.3) is 0 Å². The maximum absolute atomic E-state index is 12.8. The van der Waals surface area contributed by atoms with Gasteiger partial charge in [0.15, 0.2) is 0 Å². The van der Waals surface area contributed by atoms with Gasteiger partial charge in [0, 0.05) is 19.0 Å². The number of sulfonamides is 1. The minimum Gasteiger partial charge on any atom is -0.353 e. The van der Waals surface area contributed by atoms with Crippen LogP contribution in [0.3, 0.4) is 0 Å². The van der Waals surface area contributed by atoms with Gasteiger partial charge >= 0.3 is 6.18 Å². The van der Waals surface area contributed by atoms with E-state index in [2.05, 4.69) is 5.32 Å². The van der Waals surface area contributed by atoms with Crippen molar-refractivity contribution < 1.29 is 26.4 Å². The number of anilines is 1. The molecule has 24 heavy (non-hydrogen) atoms. The number of nitrogens with one attached hydrogen (secondary N) is 1. The minimum atomic E-state index is -4.63. The molecule has 1 aromatic carbocycles. The van der Waals surface area contributed by atoms with Crippen LogP contribution < -0.4 is 9.62 Å². The minimum absolute atomic E-state index is 0.112. The molecule has 2 rings (SSSR count). The molecule has 0 radical (unpaired) electrons. The summed E-state index contributed by atoms with van der Waals surface area (Å²) in [7, 11) is -3.91. The molecule has 0 spiro atoms. The van der Waals surface area contributed by atoms with Crippen LogP contribution in [0.5, 0.6) is 0 Å². The van der Waals surface area contributed by atoms with Crippen LogP contribution in [0.2, 0.25) is 5.02 Å². The molecule has 1 amide bonds. The van der Waals surface area contributed by atoms with Crippen LogP contribution in [-0.2, 0) is 21.0 Å². The van der Waals surface area contributed by atoms with Gasteiger partial charge in [-0.15, -0.1) is 0 Å². The molecule has 1 N–H and O–H groups in total. The van der Waals surface area contributed by atoms with Crippen LogP contribution in [0, 0.1) is 0 Å². The fraction of sp³-hybridized carbons (Fsp3) is 0.500. The first kappa shape index (κ1) is 18.9. The van der Waals surface area contributed by atoms with Crippen LogP contribution in [0.15, 0.2) is 18.2 Å². The SMILES string of the molecule is CS(=O)(=O)N(CCC(=O)NC1CC1)c1cc(C(F)(F)F)ccc1Cl. The van der Waals surface area contributed by atoms with Crippen LogP contribution >= 0.6 is 11.6 Å². The van der Waals surface area contributed by atoms with Crippen LogP contribution in [0.25, 0.3) is 0 Å². The number of rotatable bonds is 6. The number of amides is 1.